The molecule has 0 aliphatic carbocycles. The van der Waals surface area contributed by atoms with Crippen molar-refractivity contribution in [1.82, 2.24) is 14.8 Å². The fraction of sp³-hybridized carbons (Fsp3) is 0.455. The van der Waals surface area contributed by atoms with Crippen molar-refractivity contribution in [3.05, 3.63) is 58.3 Å². The molecule has 1 aromatic heterocycles. The molecule has 0 atom stereocenters. The van der Waals surface area contributed by atoms with Gasteiger partial charge < -0.3 is 9.64 Å². The van der Waals surface area contributed by atoms with Crippen molar-refractivity contribution in [3.8, 4) is 5.88 Å². The summed E-state index contributed by atoms with van der Waals surface area (Å²) in [5.41, 5.74) is 5.46. The van der Waals surface area contributed by atoms with Gasteiger partial charge in [0, 0.05) is 31.2 Å². The number of amides is 1. The van der Waals surface area contributed by atoms with Crippen LogP contribution in [0.15, 0.2) is 30.3 Å². The number of carbonyl (C=O) groups is 1. The molecule has 2 aliphatic heterocycles. The summed E-state index contributed by atoms with van der Waals surface area (Å²) in [6.07, 6.45) is 2.10. The summed E-state index contributed by atoms with van der Waals surface area (Å²) in [5, 5.41) is 0. The third kappa shape index (κ3) is 3.44. The van der Waals surface area contributed by atoms with E-state index in [0.717, 1.165) is 49.3 Å². The maximum Gasteiger partial charge on any atom is 0.256 e. The average Bonchev–Trinajstić information content (AvgIpc) is 2.86. The van der Waals surface area contributed by atoms with Crippen LogP contribution in [0, 0.1) is 0 Å². The van der Waals surface area contributed by atoms with Crippen LogP contribution >= 0.6 is 0 Å². The number of ether oxygens (including phenoxy) is 1. The quantitative estimate of drug-likeness (QED) is 0.835. The van der Waals surface area contributed by atoms with Crippen LogP contribution in [0.2, 0.25) is 0 Å². The van der Waals surface area contributed by atoms with Crippen LogP contribution in [0.25, 0.3) is 0 Å². The molecule has 0 saturated heterocycles. The van der Waals surface area contributed by atoms with E-state index < -0.39 is 0 Å². The van der Waals surface area contributed by atoms with E-state index in [-0.39, 0.29) is 11.9 Å². The number of fused-ring (bicyclic) bond motifs is 2. The Bertz CT molecular complexity index is 836. The van der Waals surface area contributed by atoms with Crippen molar-refractivity contribution < 1.29 is 9.53 Å². The number of methoxy groups -OCH3 is 1. The predicted molar refractivity (Wildman–Crippen MR) is 105 cm³/mol. The average molecular weight is 365 g/mol. The molecule has 2 aromatic rings. The molecule has 0 bridgehead atoms. The molecule has 5 nitrogen and oxygen atoms in total. The summed E-state index contributed by atoms with van der Waals surface area (Å²) in [6.45, 7) is 7.41. The number of rotatable bonds is 4. The van der Waals surface area contributed by atoms with Crippen LogP contribution < -0.4 is 4.74 Å². The van der Waals surface area contributed by atoms with Gasteiger partial charge in [-0.3, -0.25) is 9.69 Å². The third-order valence-electron chi connectivity index (χ3n) is 5.68. The monoisotopic (exact) mass is 365 g/mol. The van der Waals surface area contributed by atoms with Gasteiger partial charge in [0.1, 0.15) is 0 Å². The second kappa shape index (κ2) is 7.31. The van der Waals surface area contributed by atoms with Gasteiger partial charge in [-0.1, -0.05) is 24.3 Å². The minimum absolute atomic E-state index is 0.0830. The van der Waals surface area contributed by atoms with Gasteiger partial charge in [-0.05, 0) is 43.9 Å². The Hall–Kier alpha value is -2.40. The molecule has 0 fully saturated rings. The zero-order valence-electron chi connectivity index (χ0n) is 16.4. The molecule has 2 aliphatic rings. The van der Waals surface area contributed by atoms with Gasteiger partial charge in [0.2, 0.25) is 5.88 Å². The second-order valence-electron chi connectivity index (χ2n) is 7.72. The Balaban J connectivity index is 1.56. The molecule has 0 saturated carbocycles. The van der Waals surface area contributed by atoms with Gasteiger partial charge in [0.15, 0.2) is 0 Å². The Labute approximate surface area is 161 Å². The lowest BCUT2D eigenvalue weighted by Crippen LogP contribution is -2.30. The van der Waals surface area contributed by atoms with E-state index in [1.54, 1.807) is 7.11 Å². The number of hydrogen-bond acceptors (Lipinski definition) is 4. The molecule has 1 amide bonds. The first kappa shape index (κ1) is 18.0. The van der Waals surface area contributed by atoms with Crippen molar-refractivity contribution in [2.24, 2.45) is 0 Å². The fourth-order valence-electron chi connectivity index (χ4n) is 4.09. The molecule has 0 spiro atoms. The van der Waals surface area contributed by atoms with E-state index >= 15 is 0 Å². The number of hydrogen-bond donors (Lipinski definition) is 0. The topological polar surface area (TPSA) is 45.7 Å². The summed E-state index contributed by atoms with van der Waals surface area (Å²) >= 11 is 0. The Morgan fingerprint density at radius 2 is 1.81 bits per heavy atom. The van der Waals surface area contributed by atoms with Gasteiger partial charge in [0.05, 0.1) is 24.9 Å². The van der Waals surface area contributed by atoms with Gasteiger partial charge in [-0.2, -0.15) is 0 Å². The van der Waals surface area contributed by atoms with Crippen LogP contribution in [-0.2, 0) is 25.9 Å². The highest BCUT2D eigenvalue weighted by Crippen LogP contribution is 2.29. The Morgan fingerprint density at radius 3 is 2.41 bits per heavy atom. The van der Waals surface area contributed by atoms with E-state index in [0.29, 0.717) is 12.4 Å². The minimum atomic E-state index is 0.0830. The van der Waals surface area contributed by atoms with E-state index in [4.69, 9.17) is 4.74 Å². The number of carbonyl (C=O) groups excluding carboxylic acids is 1. The van der Waals surface area contributed by atoms with Crippen LogP contribution in [0.5, 0.6) is 5.88 Å². The molecule has 27 heavy (non-hydrogen) atoms. The minimum Gasteiger partial charge on any atom is -0.481 e. The lowest BCUT2D eigenvalue weighted by atomic mass is 10.0. The van der Waals surface area contributed by atoms with Crippen molar-refractivity contribution in [1.29, 1.82) is 0 Å². The summed E-state index contributed by atoms with van der Waals surface area (Å²) in [4.78, 5) is 21.7. The maximum atomic E-state index is 12.7. The molecule has 0 unspecified atom stereocenters. The second-order valence-corrected chi connectivity index (χ2v) is 7.72. The maximum absolute atomic E-state index is 12.7. The first-order chi connectivity index (χ1) is 13.1. The highest BCUT2D eigenvalue weighted by Gasteiger charge is 2.32. The van der Waals surface area contributed by atoms with Crippen molar-refractivity contribution >= 4 is 5.91 Å². The molecular formula is C22H27N3O2. The summed E-state index contributed by atoms with van der Waals surface area (Å²) < 4.78 is 5.57. The van der Waals surface area contributed by atoms with E-state index in [1.807, 2.05) is 24.8 Å². The number of nitrogens with zero attached hydrogens (tertiary/aromatic N) is 3. The first-order valence-electron chi connectivity index (χ1n) is 9.73. The molecule has 142 valence electrons. The molecule has 4 rings (SSSR count). The third-order valence-corrected chi connectivity index (χ3v) is 5.68. The summed E-state index contributed by atoms with van der Waals surface area (Å²) in [6, 6.07) is 10.9. The van der Waals surface area contributed by atoms with Crippen molar-refractivity contribution in [2.45, 2.75) is 45.8 Å². The zero-order valence-corrected chi connectivity index (χ0v) is 16.4. The SMILES string of the molecule is COc1nc2c(cc1CN1CCc3ccccc3CC1)C(=O)N(C(C)C)C2. The van der Waals surface area contributed by atoms with E-state index in [1.165, 1.54) is 11.1 Å². The standard InChI is InChI=1S/C22H27N3O2/c1-15(2)25-14-20-19(22(25)26)12-18(21(23-20)27-3)13-24-10-8-16-6-4-5-7-17(16)9-11-24/h4-7,12,15H,8-11,13-14H2,1-3H3. The van der Waals surface area contributed by atoms with Gasteiger partial charge in [-0.25, -0.2) is 4.98 Å². The normalized spacial score (nSPS) is 17.0. The molecule has 0 radical (unpaired) electrons. The molecule has 5 heteroatoms. The Kier molecular flexibility index (Phi) is 4.87. The molecule has 1 aromatic carbocycles. The summed E-state index contributed by atoms with van der Waals surface area (Å²) in [7, 11) is 1.66. The van der Waals surface area contributed by atoms with Crippen molar-refractivity contribution in [2.75, 3.05) is 20.2 Å². The first-order valence-corrected chi connectivity index (χ1v) is 9.73. The summed E-state index contributed by atoms with van der Waals surface area (Å²) in [5.74, 6) is 0.730. The van der Waals surface area contributed by atoms with Crippen molar-refractivity contribution in [3.63, 3.8) is 0 Å². The number of pyridine rings is 1. The van der Waals surface area contributed by atoms with Crippen LogP contribution in [-0.4, -0.2) is 46.9 Å². The van der Waals surface area contributed by atoms with Crippen LogP contribution in [0.4, 0.5) is 0 Å². The van der Waals surface area contributed by atoms with E-state index in [2.05, 4.69) is 34.1 Å². The lowest BCUT2D eigenvalue weighted by Gasteiger charge is -2.21. The smallest absolute Gasteiger partial charge is 0.256 e. The molecule has 3 heterocycles. The van der Waals surface area contributed by atoms with Gasteiger partial charge in [0.25, 0.3) is 5.91 Å². The fourth-order valence-corrected chi connectivity index (χ4v) is 4.09. The lowest BCUT2D eigenvalue weighted by molar-refractivity contribution is 0.0730. The van der Waals surface area contributed by atoms with Crippen LogP contribution in [0.1, 0.15) is 46.6 Å². The number of benzene rings is 1. The number of aromatic nitrogens is 1. The molecule has 0 N–H and O–H groups in total. The van der Waals surface area contributed by atoms with Gasteiger partial charge >= 0.3 is 0 Å². The Morgan fingerprint density at radius 1 is 1.15 bits per heavy atom. The zero-order chi connectivity index (χ0) is 19.0. The van der Waals surface area contributed by atoms with Crippen LogP contribution in [0.3, 0.4) is 0 Å². The predicted octanol–water partition coefficient (Wildman–Crippen LogP) is 3.06. The highest BCUT2D eigenvalue weighted by atomic mass is 16.5. The van der Waals surface area contributed by atoms with Gasteiger partial charge in [-0.15, -0.1) is 0 Å². The van der Waals surface area contributed by atoms with E-state index in [9.17, 15) is 4.79 Å². The highest BCUT2D eigenvalue weighted by molar-refractivity contribution is 5.98. The largest absolute Gasteiger partial charge is 0.481 e. The molecular weight excluding hydrogens is 338 g/mol.